The van der Waals surface area contributed by atoms with Gasteiger partial charge in [-0.15, -0.1) is 0 Å². The molecule has 1 aromatic rings. The summed E-state index contributed by atoms with van der Waals surface area (Å²) in [6.45, 7) is 6.09. The van der Waals surface area contributed by atoms with Crippen LogP contribution in [-0.4, -0.2) is 18.5 Å². The van der Waals surface area contributed by atoms with E-state index in [9.17, 15) is 0 Å². The Balaban J connectivity index is 2.11. The maximum Gasteiger partial charge on any atom is 0.0409 e. The molecule has 2 atom stereocenters. The second-order valence-electron chi connectivity index (χ2n) is 6.25. The summed E-state index contributed by atoms with van der Waals surface area (Å²) in [5, 5.41) is 0. The van der Waals surface area contributed by atoms with E-state index in [-0.39, 0.29) is 0 Å². The zero-order valence-corrected chi connectivity index (χ0v) is 11.2. The fraction of sp³-hybridized carbons (Fsp3) is 0.625. The Hall–Kier alpha value is -0.820. The van der Waals surface area contributed by atoms with Crippen molar-refractivity contribution in [3.63, 3.8) is 0 Å². The summed E-state index contributed by atoms with van der Waals surface area (Å²) in [5.74, 6) is 0.766. The van der Waals surface area contributed by atoms with Gasteiger partial charge in [0.15, 0.2) is 0 Å². The molecule has 1 heteroatoms. The van der Waals surface area contributed by atoms with E-state index in [4.69, 9.17) is 0 Å². The van der Waals surface area contributed by atoms with E-state index in [1.165, 1.54) is 25.8 Å². The van der Waals surface area contributed by atoms with Gasteiger partial charge in [0, 0.05) is 6.04 Å². The highest BCUT2D eigenvalue weighted by Crippen LogP contribution is 2.57. The van der Waals surface area contributed by atoms with Crippen LogP contribution in [0.15, 0.2) is 24.3 Å². The summed E-state index contributed by atoms with van der Waals surface area (Å²) < 4.78 is 0. The number of benzene rings is 1. The quantitative estimate of drug-likeness (QED) is 0.710. The maximum atomic E-state index is 2.59. The largest absolute Gasteiger partial charge is 0.299 e. The third-order valence-electron chi connectivity index (χ3n) is 5.16. The van der Waals surface area contributed by atoms with Crippen molar-refractivity contribution < 1.29 is 0 Å². The molecule has 1 saturated heterocycles. The summed E-state index contributed by atoms with van der Waals surface area (Å²) in [7, 11) is 2.31. The average Bonchev–Trinajstić information content (AvgIpc) is 2.65. The van der Waals surface area contributed by atoms with Crippen molar-refractivity contribution in [1.29, 1.82) is 0 Å². The fourth-order valence-electron chi connectivity index (χ4n) is 4.22. The SMILES string of the molecule is CC(C)[C@]12CCCN(C)[C@H]1c1ccccc1C2. The van der Waals surface area contributed by atoms with Crippen LogP contribution in [0.3, 0.4) is 0 Å². The van der Waals surface area contributed by atoms with Crippen LogP contribution in [0.1, 0.15) is 43.9 Å². The lowest BCUT2D eigenvalue weighted by Crippen LogP contribution is -2.45. The lowest BCUT2D eigenvalue weighted by Gasteiger charge is -2.48. The molecule has 92 valence electrons. The lowest BCUT2D eigenvalue weighted by atomic mass is 9.66. The molecule has 3 rings (SSSR count). The van der Waals surface area contributed by atoms with Gasteiger partial charge in [-0.25, -0.2) is 0 Å². The van der Waals surface area contributed by atoms with Crippen LogP contribution in [0, 0.1) is 11.3 Å². The van der Waals surface area contributed by atoms with Crippen molar-refractivity contribution in [3.05, 3.63) is 35.4 Å². The highest BCUT2D eigenvalue weighted by Gasteiger charge is 2.50. The van der Waals surface area contributed by atoms with Crippen molar-refractivity contribution in [1.82, 2.24) is 4.90 Å². The summed E-state index contributed by atoms with van der Waals surface area (Å²) in [6.07, 6.45) is 4.05. The second-order valence-corrected chi connectivity index (χ2v) is 6.25. The molecule has 1 aliphatic heterocycles. The normalized spacial score (nSPS) is 32.6. The van der Waals surface area contributed by atoms with Crippen LogP contribution in [0.5, 0.6) is 0 Å². The van der Waals surface area contributed by atoms with Crippen molar-refractivity contribution in [2.24, 2.45) is 11.3 Å². The van der Waals surface area contributed by atoms with Gasteiger partial charge >= 0.3 is 0 Å². The highest BCUT2D eigenvalue weighted by molar-refractivity contribution is 5.39. The van der Waals surface area contributed by atoms with Gasteiger partial charge < -0.3 is 0 Å². The van der Waals surface area contributed by atoms with Crippen molar-refractivity contribution in [3.8, 4) is 0 Å². The van der Waals surface area contributed by atoms with Gasteiger partial charge in [0.05, 0.1) is 0 Å². The molecule has 1 aromatic carbocycles. The molecule has 0 saturated carbocycles. The van der Waals surface area contributed by atoms with Crippen LogP contribution in [0.2, 0.25) is 0 Å². The number of hydrogen-bond donors (Lipinski definition) is 0. The molecule has 2 aliphatic rings. The average molecular weight is 229 g/mol. The zero-order chi connectivity index (χ0) is 12.0. The van der Waals surface area contributed by atoms with E-state index >= 15 is 0 Å². The van der Waals surface area contributed by atoms with Gasteiger partial charge in [-0.05, 0) is 55.3 Å². The first kappa shape index (κ1) is 11.3. The Morgan fingerprint density at radius 3 is 2.82 bits per heavy atom. The minimum atomic E-state index is 0.497. The van der Waals surface area contributed by atoms with E-state index in [0.717, 1.165) is 5.92 Å². The van der Waals surface area contributed by atoms with Crippen LogP contribution >= 0.6 is 0 Å². The van der Waals surface area contributed by atoms with Gasteiger partial charge in [0.1, 0.15) is 0 Å². The summed E-state index contributed by atoms with van der Waals surface area (Å²) in [4.78, 5) is 2.59. The number of piperidine rings is 1. The topological polar surface area (TPSA) is 3.24 Å². The predicted molar refractivity (Wildman–Crippen MR) is 72.0 cm³/mol. The number of nitrogens with zero attached hydrogens (tertiary/aromatic N) is 1. The first-order valence-electron chi connectivity index (χ1n) is 6.93. The molecule has 1 aliphatic carbocycles. The molecule has 0 aromatic heterocycles. The molecule has 0 unspecified atom stereocenters. The maximum absolute atomic E-state index is 2.59. The number of likely N-dealkylation sites (tertiary alicyclic amines) is 1. The molecule has 1 heterocycles. The molecule has 0 amide bonds. The third-order valence-corrected chi connectivity index (χ3v) is 5.16. The molecular weight excluding hydrogens is 206 g/mol. The summed E-state index contributed by atoms with van der Waals surface area (Å²) in [5.41, 5.74) is 3.69. The van der Waals surface area contributed by atoms with Gasteiger partial charge in [-0.3, -0.25) is 4.90 Å². The van der Waals surface area contributed by atoms with Crippen molar-refractivity contribution in [2.75, 3.05) is 13.6 Å². The van der Waals surface area contributed by atoms with E-state index < -0.39 is 0 Å². The molecule has 17 heavy (non-hydrogen) atoms. The Morgan fingerprint density at radius 2 is 2.06 bits per heavy atom. The monoisotopic (exact) mass is 229 g/mol. The summed E-state index contributed by atoms with van der Waals surface area (Å²) in [6, 6.07) is 9.76. The molecular formula is C16H23N. The standard InChI is InChI=1S/C16H23N/c1-12(2)16-9-6-10-17(3)15(16)14-8-5-4-7-13(14)11-16/h4-5,7-8,12,15H,6,9-11H2,1-3H3/t15-,16+/m0/s1. The molecule has 0 N–H and O–H groups in total. The molecule has 0 radical (unpaired) electrons. The van der Waals surface area contributed by atoms with Crippen molar-refractivity contribution >= 4 is 0 Å². The first-order valence-corrected chi connectivity index (χ1v) is 6.93. The minimum absolute atomic E-state index is 0.497. The van der Waals surface area contributed by atoms with Crippen LogP contribution < -0.4 is 0 Å². The number of hydrogen-bond acceptors (Lipinski definition) is 1. The Morgan fingerprint density at radius 1 is 1.29 bits per heavy atom. The Kier molecular flexibility index (Phi) is 2.55. The molecule has 0 spiro atoms. The smallest absolute Gasteiger partial charge is 0.0409 e. The second kappa shape index (κ2) is 3.84. The third kappa shape index (κ3) is 1.48. The zero-order valence-electron chi connectivity index (χ0n) is 11.2. The predicted octanol–water partition coefficient (Wildman–Crippen LogP) is 3.65. The fourth-order valence-corrected chi connectivity index (χ4v) is 4.22. The van der Waals surface area contributed by atoms with Crippen LogP contribution in [-0.2, 0) is 6.42 Å². The van der Waals surface area contributed by atoms with E-state index in [2.05, 4.69) is 50.1 Å². The molecule has 1 nitrogen and oxygen atoms in total. The Labute approximate surface area is 105 Å². The van der Waals surface area contributed by atoms with Gasteiger partial charge in [0.25, 0.3) is 0 Å². The van der Waals surface area contributed by atoms with Crippen LogP contribution in [0.4, 0.5) is 0 Å². The minimum Gasteiger partial charge on any atom is -0.299 e. The summed E-state index contributed by atoms with van der Waals surface area (Å²) >= 11 is 0. The van der Waals surface area contributed by atoms with E-state index in [0.29, 0.717) is 11.5 Å². The van der Waals surface area contributed by atoms with E-state index in [1.807, 2.05) is 0 Å². The molecule has 1 fully saturated rings. The van der Waals surface area contributed by atoms with Crippen LogP contribution in [0.25, 0.3) is 0 Å². The number of fused-ring (bicyclic) bond motifs is 3. The van der Waals surface area contributed by atoms with Crippen molar-refractivity contribution in [2.45, 2.75) is 39.2 Å². The van der Waals surface area contributed by atoms with E-state index in [1.54, 1.807) is 11.1 Å². The molecule has 0 bridgehead atoms. The highest BCUT2D eigenvalue weighted by atomic mass is 15.2. The Bertz CT molecular complexity index is 423. The van der Waals surface area contributed by atoms with Gasteiger partial charge in [0.2, 0.25) is 0 Å². The number of rotatable bonds is 1. The van der Waals surface area contributed by atoms with Gasteiger partial charge in [-0.1, -0.05) is 38.1 Å². The first-order chi connectivity index (χ1) is 8.15. The van der Waals surface area contributed by atoms with Gasteiger partial charge in [-0.2, -0.15) is 0 Å². The lowest BCUT2D eigenvalue weighted by molar-refractivity contribution is 0.00596.